The Bertz CT molecular complexity index is 305. The summed E-state index contributed by atoms with van der Waals surface area (Å²) >= 11 is 0. The molecule has 1 N–H and O–H groups in total. The Labute approximate surface area is 115 Å². The molecule has 1 atom stereocenters. The molecule has 1 aliphatic carbocycles. The van der Waals surface area contributed by atoms with E-state index in [2.05, 4.69) is 18.2 Å². The Morgan fingerprint density at radius 3 is 2.58 bits per heavy atom. The van der Waals surface area contributed by atoms with Crippen molar-refractivity contribution in [2.24, 2.45) is 0 Å². The molecule has 1 saturated carbocycles. The molecular formula is C15H26O4. The second kappa shape index (κ2) is 7.65. The van der Waals surface area contributed by atoms with E-state index in [9.17, 15) is 9.90 Å². The Morgan fingerprint density at radius 2 is 2.05 bits per heavy atom. The van der Waals surface area contributed by atoms with Gasteiger partial charge in [-0.05, 0) is 38.5 Å². The van der Waals surface area contributed by atoms with E-state index in [1.54, 1.807) is 0 Å². The van der Waals surface area contributed by atoms with Crippen LogP contribution in [0.15, 0.2) is 12.2 Å². The molecule has 0 saturated heterocycles. The van der Waals surface area contributed by atoms with Crippen LogP contribution in [0.4, 0.5) is 0 Å². The standard InChI is InChI=1S/C15H26O4/c1-4-15(10-5-6-11-15)19-13(16)9-7-8-12(2)14(17)18-3/h13,16H,2,4-11H2,1,3H3. The molecule has 110 valence electrons. The van der Waals surface area contributed by atoms with Crippen LogP contribution in [0.1, 0.15) is 58.3 Å². The van der Waals surface area contributed by atoms with Gasteiger partial charge in [-0.2, -0.15) is 0 Å². The second-order valence-corrected chi connectivity index (χ2v) is 5.30. The predicted octanol–water partition coefficient (Wildman–Crippen LogP) is 2.94. The van der Waals surface area contributed by atoms with Gasteiger partial charge in [0.25, 0.3) is 0 Å². The van der Waals surface area contributed by atoms with E-state index in [-0.39, 0.29) is 11.6 Å². The maximum atomic E-state index is 11.1. The van der Waals surface area contributed by atoms with E-state index in [0.29, 0.717) is 24.8 Å². The van der Waals surface area contributed by atoms with Crippen LogP contribution < -0.4 is 0 Å². The third kappa shape index (κ3) is 4.96. The first-order valence-electron chi connectivity index (χ1n) is 7.15. The van der Waals surface area contributed by atoms with E-state index < -0.39 is 6.29 Å². The minimum atomic E-state index is -0.747. The first-order chi connectivity index (χ1) is 9.03. The van der Waals surface area contributed by atoms with Crippen molar-refractivity contribution in [2.75, 3.05) is 7.11 Å². The Kier molecular flexibility index (Phi) is 6.52. The fraction of sp³-hybridized carbons (Fsp3) is 0.800. The predicted molar refractivity (Wildman–Crippen MR) is 73.6 cm³/mol. The smallest absolute Gasteiger partial charge is 0.333 e. The van der Waals surface area contributed by atoms with E-state index in [0.717, 1.165) is 19.3 Å². The highest BCUT2D eigenvalue weighted by molar-refractivity contribution is 5.87. The van der Waals surface area contributed by atoms with Crippen LogP contribution in [0, 0.1) is 0 Å². The van der Waals surface area contributed by atoms with Crippen molar-refractivity contribution in [1.82, 2.24) is 0 Å². The minimum Gasteiger partial charge on any atom is -0.466 e. The highest BCUT2D eigenvalue weighted by Gasteiger charge is 2.34. The molecule has 4 heteroatoms. The van der Waals surface area contributed by atoms with Crippen molar-refractivity contribution in [3.05, 3.63) is 12.2 Å². The summed E-state index contributed by atoms with van der Waals surface area (Å²) < 4.78 is 10.4. The van der Waals surface area contributed by atoms with Crippen molar-refractivity contribution >= 4 is 5.97 Å². The number of rotatable bonds is 8. The molecule has 0 spiro atoms. The SMILES string of the molecule is C=C(CCCC(O)OC1(CC)CCCC1)C(=O)OC. The van der Waals surface area contributed by atoms with E-state index >= 15 is 0 Å². The van der Waals surface area contributed by atoms with Crippen molar-refractivity contribution in [2.45, 2.75) is 70.2 Å². The Balaban J connectivity index is 2.26. The summed E-state index contributed by atoms with van der Waals surface area (Å²) in [6.07, 6.45) is 6.37. The van der Waals surface area contributed by atoms with Crippen LogP contribution in [-0.2, 0) is 14.3 Å². The number of ether oxygens (including phenoxy) is 2. The molecule has 0 heterocycles. The molecule has 0 amide bonds. The summed E-state index contributed by atoms with van der Waals surface area (Å²) in [5, 5.41) is 9.95. The number of esters is 1. The van der Waals surface area contributed by atoms with E-state index in [1.165, 1.54) is 20.0 Å². The van der Waals surface area contributed by atoms with E-state index in [1.807, 2.05) is 0 Å². The molecule has 1 rings (SSSR count). The summed E-state index contributed by atoms with van der Waals surface area (Å²) in [6, 6.07) is 0. The molecule has 0 aromatic carbocycles. The lowest BCUT2D eigenvalue weighted by Gasteiger charge is -2.30. The fourth-order valence-corrected chi connectivity index (χ4v) is 2.66. The van der Waals surface area contributed by atoms with Gasteiger partial charge in [0.05, 0.1) is 12.7 Å². The zero-order valence-corrected chi connectivity index (χ0v) is 12.1. The summed E-state index contributed by atoms with van der Waals surface area (Å²) in [6.45, 7) is 5.77. The van der Waals surface area contributed by atoms with Gasteiger partial charge in [0, 0.05) is 5.57 Å². The third-order valence-corrected chi connectivity index (χ3v) is 3.95. The number of methoxy groups -OCH3 is 1. The molecule has 1 aliphatic rings. The number of carbonyl (C=O) groups excluding carboxylic acids is 1. The van der Waals surface area contributed by atoms with Gasteiger partial charge in [0.1, 0.15) is 0 Å². The van der Waals surface area contributed by atoms with Gasteiger partial charge in [-0.3, -0.25) is 0 Å². The Hall–Kier alpha value is -0.870. The lowest BCUT2D eigenvalue weighted by atomic mass is 9.98. The normalized spacial score (nSPS) is 19.1. The van der Waals surface area contributed by atoms with Crippen LogP contribution in [0.3, 0.4) is 0 Å². The zero-order chi connectivity index (χ0) is 14.3. The highest BCUT2D eigenvalue weighted by atomic mass is 16.6. The molecule has 1 fully saturated rings. The van der Waals surface area contributed by atoms with Gasteiger partial charge in [0.2, 0.25) is 0 Å². The molecule has 0 bridgehead atoms. The zero-order valence-electron chi connectivity index (χ0n) is 12.1. The van der Waals surface area contributed by atoms with E-state index in [4.69, 9.17) is 4.74 Å². The highest BCUT2D eigenvalue weighted by Crippen LogP contribution is 2.37. The largest absolute Gasteiger partial charge is 0.466 e. The maximum absolute atomic E-state index is 11.1. The van der Waals surface area contributed by atoms with Crippen molar-refractivity contribution < 1.29 is 19.4 Å². The molecule has 0 aromatic rings. The number of aliphatic hydroxyl groups is 1. The minimum absolute atomic E-state index is 0.126. The third-order valence-electron chi connectivity index (χ3n) is 3.95. The number of hydrogen-bond acceptors (Lipinski definition) is 4. The maximum Gasteiger partial charge on any atom is 0.333 e. The summed E-state index contributed by atoms with van der Waals surface area (Å²) in [5.41, 5.74) is 0.319. The van der Waals surface area contributed by atoms with Gasteiger partial charge in [-0.15, -0.1) is 0 Å². The van der Waals surface area contributed by atoms with Crippen LogP contribution >= 0.6 is 0 Å². The first kappa shape index (κ1) is 16.2. The van der Waals surface area contributed by atoms with Gasteiger partial charge in [-0.25, -0.2) is 4.79 Å². The quantitative estimate of drug-likeness (QED) is 0.418. The summed E-state index contributed by atoms with van der Waals surface area (Å²) in [5.74, 6) is -0.378. The van der Waals surface area contributed by atoms with Crippen molar-refractivity contribution in [3.63, 3.8) is 0 Å². The van der Waals surface area contributed by atoms with Gasteiger partial charge in [0.15, 0.2) is 6.29 Å². The first-order valence-corrected chi connectivity index (χ1v) is 7.15. The number of hydrogen-bond donors (Lipinski definition) is 1. The van der Waals surface area contributed by atoms with Gasteiger partial charge in [-0.1, -0.05) is 26.3 Å². The van der Waals surface area contributed by atoms with Gasteiger partial charge >= 0.3 is 5.97 Å². The topological polar surface area (TPSA) is 55.8 Å². The van der Waals surface area contributed by atoms with Crippen LogP contribution in [0.5, 0.6) is 0 Å². The van der Waals surface area contributed by atoms with Gasteiger partial charge < -0.3 is 14.6 Å². The number of carbonyl (C=O) groups is 1. The molecule has 0 aromatic heterocycles. The van der Waals surface area contributed by atoms with Crippen LogP contribution in [0.2, 0.25) is 0 Å². The number of aliphatic hydroxyl groups excluding tert-OH is 1. The molecule has 19 heavy (non-hydrogen) atoms. The molecular weight excluding hydrogens is 244 g/mol. The summed E-state index contributed by atoms with van der Waals surface area (Å²) in [7, 11) is 1.34. The lowest BCUT2D eigenvalue weighted by Crippen LogP contribution is -2.33. The second-order valence-electron chi connectivity index (χ2n) is 5.30. The molecule has 4 nitrogen and oxygen atoms in total. The lowest BCUT2D eigenvalue weighted by molar-refractivity contribution is -0.187. The average molecular weight is 270 g/mol. The monoisotopic (exact) mass is 270 g/mol. The summed E-state index contributed by atoms with van der Waals surface area (Å²) in [4.78, 5) is 11.1. The van der Waals surface area contributed by atoms with Crippen LogP contribution in [-0.4, -0.2) is 30.1 Å². The molecule has 0 aliphatic heterocycles. The average Bonchev–Trinajstić information content (AvgIpc) is 2.86. The van der Waals surface area contributed by atoms with Crippen LogP contribution in [0.25, 0.3) is 0 Å². The molecule has 0 radical (unpaired) electrons. The Morgan fingerprint density at radius 1 is 1.42 bits per heavy atom. The van der Waals surface area contributed by atoms with Crippen molar-refractivity contribution in [1.29, 1.82) is 0 Å². The van der Waals surface area contributed by atoms with Crippen molar-refractivity contribution in [3.8, 4) is 0 Å². The fourth-order valence-electron chi connectivity index (χ4n) is 2.66. The molecule has 1 unspecified atom stereocenters.